The van der Waals surface area contributed by atoms with Crippen LogP contribution in [0, 0.1) is 0 Å². The van der Waals surface area contributed by atoms with Gasteiger partial charge in [0, 0.05) is 24.0 Å². The van der Waals surface area contributed by atoms with Gasteiger partial charge in [-0.2, -0.15) is 0 Å². The molecule has 0 saturated carbocycles. The Morgan fingerprint density at radius 3 is 2.44 bits per heavy atom. The van der Waals surface area contributed by atoms with Gasteiger partial charge in [0.05, 0.1) is 17.4 Å². The number of hydrogen-bond donors (Lipinski definition) is 3. The van der Waals surface area contributed by atoms with Crippen LogP contribution in [0.3, 0.4) is 0 Å². The molecule has 41 heavy (non-hydrogen) atoms. The number of thioether (sulfide) groups is 1. The van der Waals surface area contributed by atoms with Crippen molar-refractivity contribution in [3.05, 3.63) is 93.6 Å². The van der Waals surface area contributed by atoms with E-state index in [2.05, 4.69) is 26.1 Å². The largest absolute Gasteiger partial charge is 0.348 e. The topological polar surface area (TPSA) is 118 Å². The van der Waals surface area contributed by atoms with Crippen LogP contribution in [-0.2, 0) is 31.2 Å². The van der Waals surface area contributed by atoms with E-state index < -0.39 is 0 Å². The molecule has 1 aliphatic rings. The minimum atomic E-state index is -0.377. The molecule has 0 radical (unpaired) electrons. The smallest absolute Gasteiger partial charge is 0.254 e. The van der Waals surface area contributed by atoms with Crippen LogP contribution in [0.15, 0.2) is 65.8 Å². The predicted molar refractivity (Wildman–Crippen MR) is 161 cm³/mol. The summed E-state index contributed by atoms with van der Waals surface area (Å²) in [7, 11) is 1.81. The number of anilines is 1. The fourth-order valence-corrected chi connectivity index (χ4v) is 6.84. The number of carbonyl (C=O) groups is 3. The molecule has 212 valence electrons. The standard InChI is InChI=1S/C30H32N6O3S2/c1-19(32-27(38)21-13-7-4-8-14-21)26-34-35-30(36(26)2)40-18-24(37)33-29-25(22-15-9-10-16-23(22)41-29)28(39)31-17-20-11-5-3-6-12-20/h3-8,11-14,19H,9-10,15-18H2,1-2H3,(H,31,39)(H,32,38)(H,33,37)/t19-/m0/s1. The molecule has 0 bridgehead atoms. The average molecular weight is 589 g/mol. The quantitative estimate of drug-likeness (QED) is 0.227. The van der Waals surface area contributed by atoms with Crippen LogP contribution in [0.2, 0.25) is 0 Å². The van der Waals surface area contributed by atoms with Gasteiger partial charge in [0.2, 0.25) is 5.91 Å². The van der Waals surface area contributed by atoms with Crippen LogP contribution in [-0.4, -0.2) is 38.2 Å². The van der Waals surface area contributed by atoms with E-state index in [1.807, 2.05) is 62.5 Å². The minimum absolute atomic E-state index is 0.102. The number of rotatable bonds is 10. The van der Waals surface area contributed by atoms with Gasteiger partial charge in [-0.25, -0.2) is 0 Å². The summed E-state index contributed by atoms with van der Waals surface area (Å²) in [6.07, 6.45) is 3.88. The lowest BCUT2D eigenvalue weighted by Gasteiger charge is -2.14. The molecule has 0 aliphatic heterocycles. The van der Waals surface area contributed by atoms with Crippen molar-refractivity contribution in [2.45, 2.75) is 50.4 Å². The maximum Gasteiger partial charge on any atom is 0.254 e. The average Bonchev–Trinajstić information content (AvgIpc) is 3.55. The van der Waals surface area contributed by atoms with E-state index in [9.17, 15) is 14.4 Å². The van der Waals surface area contributed by atoms with E-state index in [-0.39, 0.29) is 29.5 Å². The van der Waals surface area contributed by atoms with Crippen molar-refractivity contribution in [3.63, 3.8) is 0 Å². The van der Waals surface area contributed by atoms with Gasteiger partial charge >= 0.3 is 0 Å². The molecule has 5 rings (SSSR count). The Morgan fingerprint density at radius 2 is 1.68 bits per heavy atom. The van der Waals surface area contributed by atoms with Crippen LogP contribution in [0.25, 0.3) is 0 Å². The highest BCUT2D eigenvalue weighted by molar-refractivity contribution is 7.99. The third kappa shape index (κ3) is 6.86. The molecule has 0 spiro atoms. The van der Waals surface area contributed by atoms with E-state index in [4.69, 9.17) is 0 Å². The number of thiophene rings is 1. The first-order valence-corrected chi connectivity index (χ1v) is 15.4. The highest BCUT2D eigenvalue weighted by Gasteiger charge is 2.26. The third-order valence-electron chi connectivity index (χ3n) is 6.92. The van der Waals surface area contributed by atoms with Gasteiger partial charge in [0.1, 0.15) is 5.00 Å². The molecule has 4 aromatic rings. The van der Waals surface area contributed by atoms with E-state index in [0.29, 0.717) is 33.7 Å². The highest BCUT2D eigenvalue weighted by atomic mass is 32.2. The minimum Gasteiger partial charge on any atom is -0.348 e. The zero-order valence-electron chi connectivity index (χ0n) is 23.0. The Balaban J connectivity index is 1.22. The number of aryl methyl sites for hydroxylation is 1. The second-order valence-electron chi connectivity index (χ2n) is 9.88. The van der Waals surface area contributed by atoms with Crippen LogP contribution in [0.5, 0.6) is 0 Å². The molecule has 0 unspecified atom stereocenters. The molecule has 2 heterocycles. The van der Waals surface area contributed by atoms with Crippen molar-refractivity contribution in [1.82, 2.24) is 25.4 Å². The summed E-state index contributed by atoms with van der Waals surface area (Å²) in [5.74, 6) is 0.100. The molecule has 11 heteroatoms. The number of amides is 3. The van der Waals surface area contributed by atoms with Crippen molar-refractivity contribution < 1.29 is 14.4 Å². The van der Waals surface area contributed by atoms with Crippen LogP contribution in [0.1, 0.15) is 68.4 Å². The number of hydrogen-bond acceptors (Lipinski definition) is 7. The summed E-state index contributed by atoms with van der Waals surface area (Å²) >= 11 is 2.75. The lowest BCUT2D eigenvalue weighted by molar-refractivity contribution is -0.113. The second-order valence-corrected chi connectivity index (χ2v) is 11.9. The lowest BCUT2D eigenvalue weighted by Crippen LogP contribution is -2.28. The fourth-order valence-electron chi connectivity index (χ4n) is 4.82. The van der Waals surface area contributed by atoms with Gasteiger partial charge in [0.15, 0.2) is 11.0 Å². The lowest BCUT2D eigenvalue weighted by atomic mass is 9.95. The number of aromatic nitrogens is 3. The Labute approximate surface area is 247 Å². The maximum atomic E-state index is 13.3. The fraction of sp³-hybridized carbons (Fsp3) is 0.300. The molecule has 0 fully saturated rings. The van der Waals surface area contributed by atoms with Crippen molar-refractivity contribution in [1.29, 1.82) is 0 Å². The van der Waals surface area contributed by atoms with Crippen LogP contribution in [0.4, 0.5) is 5.00 Å². The van der Waals surface area contributed by atoms with E-state index in [0.717, 1.165) is 36.8 Å². The van der Waals surface area contributed by atoms with Gasteiger partial charge in [0.25, 0.3) is 11.8 Å². The third-order valence-corrected chi connectivity index (χ3v) is 9.15. The highest BCUT2D eigenvalue weighted by Crippen LogP contribution is 2.38. The SMILES string of the molecule is C[C@H](NC(=O)c1ccccc1)c1nnc(SCC(=O)Nc2sc3c(c2C(=O)NCc2ccccc2)CCCC3)n1C. The van der Waals surface area contributed by atoms with Gasteiger partial charge in [-0.1, -0.05) is 60.3 Å². The first-order valence-electron chi connectivity index (χ1n) is 13.5. The number of carbonyl (C=O) groups excluding carboxylic acids is 3. The summed E-state index contributed by atoms with van der Waals surface area (Å²) in [5.41, 5.74) is 3.22. The number of benzene rings is 2. The van der Waals surface area contributed by atoms with Crippen molar-refractivity contribution in [2.24, 2.45) is 7.05 Å². The van der Waals surface area contributed by atoms with E-state index in [1.54, 1.807) is 16.7 Å². The number of nitrogens with zero attached hydrogens (tertiary/aromatic N) is 3. The Morgan fingerprint density at radius 1 is 0.976 bits per heavy atom. The molecule has 3 N–H and O–H groups in total. The molecule has 2 aromatic heterocycles. The zero-order valence-corrected chi connectivity index (χ0v) is 24.6. The van der Waals surface area contributed by atoms with Gasteiger partial charge < -0.3 is 20.5 Å². The monoisotopic (exact) mass is 588 g/mol. The molecule has 2 aromatic carbocycles. The number of fused-ring (bicyclic) bond motifs is 1. The Bertz CT molecular complexity index is 1530. The van der Waals surface area contributed by atoms with Crippen molar-refractivity contribution in [2.75, 3.05) is 11.1 Å². The van der Waals surface area contributed by atoms with E-state index in [1.165, 1.54) is 28.0 Å². The molecule has 1 aliphatic carbocycles. The Hall–Kier alpha value is -3.96. The molecule has 3 amide bonds. The number of nitrogens with one attached hydrogen (secondary N) is 3. The molecular formula is C30H32N6O3S2. The Kier molecular flexibility index (Phi) is 9.15. The van der Waals surface area contributed by atoms with E-state index >= 15 is 0 Å². The van der Waals surface area contributed by atoms with Gasteiger partial charge in [-0.05, 0) is 55.9 Å². The van der Waals surface area contributed by atoms with Crippen molar-refractivity contribution in [3.8, 4) is 0 Å². The molecule has 1 atom stereocenters. The predicted octanol–water partition coefficient (Wildman–Crippen LogP) is 4.91. The zero-order chi connectivity index (χ0) is 28.8. The first-order chi connectivity index (χ1) is 19.9. The summed E-state index contributed by atoms with van der Waals surface area (Å²) in [4.78, 5) is 40.1. The van der Waals surface area contributed by atoms with Gasteiger partial charge in [-0.3, -0.25) is 14.4 Å². The van der Waals surface area contributed by atoms with Crippen LogP contribution >= 0.6 is 23.1 Å². The first kappa shape index (κ1) is 28.6. The second kappa shape index (κ2) is 13.1. The summed E-state index contributed by atoms with van der Waals surface area (Å²) < 4.78 is 1.78. The summed E-state index contributed by atoms with van der Waals surface area (Å²) in [6, 6.07) is 18.4. The molecule has 9 nitrogen and oxygen atoms in total. The van der Waals surface area contributed by atoms with Gasteiger partial charge in [-0.15, -0.1) is 21.5 Å². The normalized spacial score (nSPS) is 13.2. The maximum absolute atomic E-state index is 13.3. The van der Waals surface area contributed by atoms with Crippen LogP contribution < -0.4 is 16.0 Å². The summed E-state index contributed by atoms with van der Waals surface area (Å²) in [5, 5.41) is 18.6. The molecular weight excluding hydrogens is 557 g/mol. The van der Waals surface area contributed by atoms with Crippen molar-refractivity contribution >= 4 is 45.8 Å². The summed E-state index contributed by atoms with van der Waals surface area (Å²) in [6.45, 7) is 2.27. The molecule has 0 saturated heterocycles.